The van der Waals surface area contributed by atoms with Gasteiger partial charge in [0.05, 0.1) is 0 Å². The fraction of sp³-hybridized carbons (Fsp3) is 0.0526. The maximum absolute atomic E-state index is 13.6. The number of aromatic nitrogens is 1. The van der Waals surface area contributed by atoms with E-state index in [1.807, 2.05) is 24.3 Å². The fourth-order valence-electron chi connectivity index (χ4n) is 2.50. The van der Waals surface area contributed by atoms with Crippen LogP contribution < -0.4 is 0 Å². The summed E-state index contributed by atoms with van der Waals surface area (Å²) in [6.45, 7) is -0.295. The molecule has 0 saturated carbocycles. The Hall–Kier alpha value is -3.48. The summed E-state index contributed by atoms with van der Waals surface area (Å²) in [5, 5.41) is 4.68. The molecule has 0 atom stereocenters. The lowest BCUT2D eigenvalue weighted by Crippen LogP contribution is -2.10. The summed E-state index contributed by atoms with van der Waals surface area (Å²) < 4.78 is 42.9. The zero-order chi connectivity index (χ0) is 18.1. The van der Waals surface area contributed by atoms with Gasteiger partial charge in [0.15, 0.2) is 5.76 Å². The highest BCUT2D eigenvalue weighted by molar-refractivity contribution is 5.90. The predicted octanol–water partition coefficient (Wildman–Crippen LogP) is 4.72. The number of fused-ring (bicyclic) bond motifs is 1. The number of nitrogens with zero attached hydrogens (tertiary/aromatic N) is 1. The summed E-state index contributed by atoms with van der Waals surface area (Å²) in [5.74, 6) is -2.27. The average Bonchev–Trinajstić information content (AvgIpc) is 3.26. The van der Waals surface area contributed by atoms with Crippen LogP contribution in [-0.4, -0.2) is 11.1 Å². The van der Waals surface area contributed by atoms with Crippen LogP contribution in [-0.2, 0) is 11.3 Å². The molecule has 7 heteroatoms. The number of benzene rings is 2. The second-order valence-electron chi connectivity index (χ2n) is 5.50. The van der Waals surface area contributed by atoms with Gasteiger partial charge in [-0.2, -0.15) is 0 Å². The number of furan rings is 1. The average molecular weight is 355 g/mol. The van der Waals surface area contributed by atoms with E-state index in [0.717, 1.165) is 17.5 Å². The van der Waals surface area contributed by atoms with Gasteiger partial charge in [-0.05, 0) is 24.3 Å². The summed E-state index contributed by atoms with van der Waals surface area (Å²) in [5.41, 5.74) is 0.237. The van der Waals surface area contributed by atoms with Crippen LogP contribution in [0.15, 0.2) is 63.5 Å². The van der Waals surface area contributed by atoms with Gasteiger partial charge in [-0.15, -0.1) is 0 Å². The topological polar surface area (TPSA) is 65.5 Å². The van der Waals surface area contributed by atoms with Crippen LogP contribution in [0.2, 0.25) is 0 Å². The molecule has 2 aromatic heterocycles. The van der Waals surface area contributed by atoms with Gasteiger partial charge in [0, 0.05) is 11.5 Å². The lowest BCUT2D eigenvalue weighted by atomic mass is 10.2. The van der Waals surface area contributed by atoms with Gasteiger partial charge in [0.25, 0.3) is 0 Å². The van der Waals surface area contributed by atoms with E-state index in [4.69, 9.17) is 13.7 Å². The van der Waals surface area contributed by atoms with Gasteiger partial charge in [0.2, 0.25) is 5.76 Å². The Labute approximate surface area is 145 Å². The van der Waals surface area contributed by atoms with E-state index in [-0.39, 0.29) is 12.3 Å². The van der Waals surface area contributed by atoms with Gasteiger partial charge in [-0.3, -0.25) is 0 Å². The second kappa shape index (κ2) is 6.44. The van der Waals surface area contributed by atoms with Crippen LogP contribution in [0.25, 0.3) is 22.5 Å². The number of carbonyl (C=O) groups excluding carboxylic acids is 1. The van der Waals surface area contributed by atoms with Crippen molar-refractivity contribution in [1.82, 2.24) is 5.16 Å². The number of hydrogen-bond donors (Lipinski definition) is 0. The molecule has 0 radical (unpaired) electrons. The Morgan fingerprint density at radius 2 is 1.77 bits per heavy atom. The fourth-order valence-corrected chi connectivity index (χ4v) is 2.50. The molecule has 0 aliphatic carbocycles. The van der Waals surface area contributed by atoms with Crippen LogP contribution in [0.4, 0.5) is 8.78 Å². The summed E-state index contributed by atoms with van der Waals surface area (Å²) in [6, 6.07) is 13.9. The molecule has 130 valence electrons. The van der Waals surface area contributed by atoms with E-state index in [9.17, 15) is 13.6 Å². The second-order valence-corrected chi connectivity index (χ2v) is 5.50. The van der Waals surface area contributed by atoms with Crippen molar-refractivity contribution in [2.45, 2.75) is 6.61 Å². The minimum absolute atomic E-state index is 0.283. The summed E-state index contributed by atoms with van der Waals surface area (Å²) in [6.07, 6.45) is 0. The minimum atomic E-state index is -1.12. The van der Waals surface area contributed by atoms with Crippen molar-refractivity contribution in [2.75, 3.05) is 0 Å². The first kappa shape index (κ1) is 16.0. The molecule has 2 aromatic carbocycles. The van der Waals surface area contributed by atoms with Crippen molar-refractivity contribution in [2.24, 2.45) is 0 Å². The highest BCUT2D eigenvalue weighted by atomic mass is 19.1. The van der Waals surface area contributed by atoms with Crippen molar-refractivity contribution in [3.8, 4) is 11.5 Å². The Balaban J connectivity index is 1.49. The third-order valence-corrected chi connectivity index (χ3v) is 3.75. The number of hydrogen-bond acceptors (Lipinski definition) is 5. The zero-order valence-electron chi connectivity index (χ0n) is 13.2. The number of ether oxygens (including phenoxy) is 1. The standard InChI is InChI=1S/C19H11F2NO4/c20-13-5-3-6-14(21)18(13)19(23)24-10-12-9-17(26-22-12)16-8-11-4-1-2-7-15(11)25-16/h1-9H,10H2. The van der Waals surface area contributed by atoms with Crippen LogP contribution in [0.1, 0.15) is 16.1 Å². The zero-order valence-corrected chi connectivity index (χ0v) is 13.2. The van der Waals surface area contributed by atoms with Gasteiger partial charge in [0.1, 0.15) is 35.1 Å². The van der Waals surface area contributed by atoms with Crippen molar-refractivity contribution < 1.29 is 27.3 Å². The van der Waals surface area contributed by atoms with Crippen LogP contribution >= 0.6 is 0 Å². The molecule has 0 aliphatic rings. The third kappa shape index (κ3) is 2.95. The highest BCUT2D eigenvalue weighted by Gasteiger charge is 2.19. The van der Waals surface area contributed by atoms with Crippen molar-refractivity contribution in [3.63, 3.8) is 0 Å². The molecule has 0 aliphatic heterocycles. The molecule has 0 N–H and O–H groups in total. The van der Waals surface area contributed by atoms with Crippen LogP contribution in [0.3, 0.4) is 0 Å². The largest absolute Gasteiger partial charge is 0.455 e. The van der Waals surface area contributed by atoms with E-state index < -0.39 is 23.2 Å². The maximum Gasteiger partial charge on any atom is 0.344 e. The smallest absolute Gasteiger partial charge is 0.344 e. The Bertz CT molecular complexity index is 1050. The number of halogens is 2. The Kier molecular flexibility index (Phi) is 3.96. The minimum Gasteiger partial charge on any atom is -0.455 e. The molecule has 0 fully saturated rings. The van der Waals surface area contributed by atoms with Crippen LogP contribution in [0, 0.1) is 11.6 Å². The van der Waals surface area contributed by atoms with Crippen molar-refractivity contribution in [1.29, 1.82) is 0 Å². The number of para-hydroxylation sites is 1. The number of carbonyl (C=O) groups is 1. The maximum atomic E-state index is 13.6. The molecule has 0 spiro atoms. The number of esters is 1. The van der Waals surface area contributed by atoms with E-state index >= 15 is 0 Å². The predicted molar refractivity (Wildman–Crippen MR) is 87.2 cm³/mol. The molecule has 0 unspecified atom stereocenters. The third-order valence-electron chi connectivity index (χ3n) is 3.75. The van der Waals surface area contributed by atoms with E-state index in [2.05, 4.69) is 5.16 Å². The highest BCUT2D eigenvalue weighted by Crippen LogP contribution is 2.28. The lowest BCUT2D eigenvalue weighted by Gasteiger charge is -2.04. The quantitative estimate of drug-likeness (QED) is 0.496. The lowest BCUT2D eigenvalue weighted by molar-refractivity contribution is 0.0453. The Morgan fingerprint density at radius 3 is 2.54 bits per heavy atom. The molecule has 2 heterocycles. The van der Waals surface area contributed by atoms with Gasteiger partial charge in [-0.1, -0.05) is 29.4 Å². The molecule has 0 saturated heterocycles. The summed E-state index contributed by atoms with van der Waals surface area (Å²) in [7, 11) is 0. The van der Waals surface area contributed by atoms with Crippen molar-refractivity contribution in [3.05, 3.63) is 77.5 Å². The Morgan fingerprint density at radius 1 is 1.00 bits per heavy atom. The molecular weight excluding hydrogens is 344 g/mol. The molecule has 4 rings (SSSR count). The summed E-state index contributed by atoms with van der Waals surface area (Å²) in [4.78, 5) is 11.9. The molecular formula is C19H11F2NO4. The number of rotatable bonds is 4. The van der Waals surface area contributed by atoms with E-state index in [1.54, 1.807) is 6.07 Å². The van der Waals surface area contributed by atoms with Crippen molar-refractivity contribution >= 4 is 16.9 Å². The first-order valence-electron chi connectivity index (χ1n) is 7.67. The van der Waals surface area contributed by atoms with Crippen LogP contribution in [0.5, 0.6) is 0 Å². The van der Waals surface area contributed by atoms with E-state index in [1.165, 1.54) is 12.1 Å². The first-order chi connectivity index (χ1) is 12.6. The SMILES string of the molecule is O=C(OCc1cc(-c2cc3ccccc3o2)on1)c1c(F)cccc1F. The molecule has 4 aromatic rings. The normalized spacial score (nSPS) is 11.0. The molecule has 5 nitrogen and oxygen atoms in total. The first-order valence-corrected chi connectivity index (χ1v) is 7.67. The van der Waals surface area contributed by atoms with Gasteiger partial charge in [-0.25, -0.2) is 13.6 Å². The summed E-state index contributed by atoms with van der Waals surface area (Å²) >= 11 is 0. The molecule has 26 heavy (non-hydrogen) atoms. The molecule has 0 bridgehead atoms. The van der Waals surface area contributed by atoms with Gasteiger partial charge >= 0.3 is 5.97 Å². The van der Waals surface area contributed by atoms with Gasteiger partial charge < -0.3 is 13.7 Å². The molecule has 0 amide bonds. The van der Waals surface area contributed by atoms with E-state index in [0.29, 0.717) is 17.1 Å². The monoisotopic (exact) mass is 355 g/mol.